The molecule has 0 rings (SSSR count). The summed E-state index contributed by atoms with van der Waals surface area (Å²) in [5, 5.41) is 11.7. The molecule has 0 aromatic carbocycles. The lowest BCUT2D eigenvalue weighted by Crippen LogP contribution is -2.44. The van der Waals surface area contributed by atoms with Crippen LogP contribution in [0.4, 0.5) is 0 Å². The van der Waals surface area contributed by atoms with E-state index in [2.05, 4.69) is 5.32 Å². The first-order valence-electron chi connectivity index (χ1n) is 5.55. The molecule has 0 radical (unpaired) electrons. The fourth-order valence-electron chi connectivity index (χ4n) is 1.26. The smallest absolute Gasteiger partial charge is 0.323 e. The highest BCUT2D eigenvalue weighted by Crippen LogP contribution is 1.99. The van der Waals surface area contributed by atoms with E-state index in [1.54, 1.807) is 0 Å². The van der Waals surface area contributed by atoms with E-state index < -0.39 is 5.97 Å². The number of rotatable bonds is 7. The molecule has 94 valence electrons. The first-order chi connectivity index (χ1) is 7.32. The summed E-state index contributed by atoms with van der Waals surface area (Å²) in [6.45, 7) is 8.24. The Morgan fingerprint density at radius 2 is 1.81 bits per heavy atom. The van der Waals surface area contributed by atoms with Crippen molar-refractivity contribution >= 4 is 11.9 Å². The fourth-order valence-corrected chi connectivity index (χ4v) is 1.26. The number of aliphatic carboxylic acids is 1. The van der Waals surface area contributed by atoms with Crippen molar-refractivity contribution in [1.29, 1.82) is 0 Å². The van der Waals surface area contributed by atoms with Crippen molar-refractivity contribution in [2.24, 2.45) is 5.92 Å². The van der Waals surface area contributed by atoms with Gasteiger partial charge in [-0.1, -0.05) is 27.7 Å². The minimum atomic E-state index is -0.974. The monoisotopic (exact) mass is 230 g/mol. The van der Waals surface area contributed by atoms with Crippen LogP contribution in [0.15, 0.2) is 0 Å². The van der Waals surface area contributed by atoms with E-state index in [1.807, 2.05) is 27.7 Å². The lowest BCUT2D eigenvalue weighted by Gasteiger charge is -2.23. The Labute approximate surface area is 96.8 Å². The molecule has 2 N–H and O–H groups in total. The average molecular weight is 230 g/mol. The molecule has 0 aliphatic heterocycles. The molecule has 0 unspecified atom stereocenters. The normalized spacial score (nSPS) is 10.9. The van der Waals surface area contributed by atoms with Crippen molar-refractivity contribution in [3.05, 3.63) is 0 Å². The maximum absolute atomic E-state index is 11.7. The van der Waals surface area contributed by atoms with Gasteiger partial charge in [-0.2, -0.15) is 0 Å². The number of carbonyl (C=O) groups is 2. The summed E-state index contributed by atoms with van der Waals surface area (Å²) in [4.78, 5) is 23.7. The van der Waals surface area contributed by atoms with E-state index in [4.69, 9.17) is 5.11 Å². The molecule has 0 heterocycles. The van der Waals surface area contributed by atoms with Gasteiger partial charge in [0.15, 0.2) is 0 Å². The van der Waals surface area contributed by atoms with Crippen LogP contribution in [0.3, 0.4) is 0 Å². The van der Waals surface area contributed by atoms with Gasteiger partial charge in [0, 0.05) is 12.6 Å². The maximum Gasteiger partial charge on any atom is 0.323 e. The van der Waals surface area contributed by atoms with Crippen LogP contribution in [0.5, 0.6) is 0 Å². The van der Waals surface area contributed by atoms with Crippen molar-refractivity contribution in [3.8, 4) is 0 Å². The van der Waals surface area contributed by atoms with E-state index in [-0.39, 0.29) is 31.0 Å². The number of carboxylic acid groups (broad SMARTS) is 1. The Bertz CT molecular complexity index is 239. The molecule has 0 bridgehead atoms. The highest BCUT2D eigenvalue weighted by molar-refractivity contribution is 5.82. The summed E-state index contributed by atoms with van der Waals surface area (Å²) in [6.07, 6.45) is 0. The van der Waals surface area contributed by atoms with E-state index in [0.29, 0.717) is 6.54 Å². The quantitative estimate of drug-likeness (QED) is 0.670. The molecule has 0 fully saturated rings. The van der Waals surface area contributed by atoms with E-state index in [9.17, 15) is 9.59 Å². The van der Waals surface area contributed by atoms with Crippen LogP contribution in [-0.2, 0) is 9.59 Å². The summed E-state index contributed by atoms with van der Waals surface area (Å²) in [6, 6.07) is 0.217. The molecular weight excluding hydrogens is 208 g/mol. The third-order valence-corrected chi connectivity index (χ3v) is 1.93. The summed E-state index contributed by atoms with van der Waals surface area (Å²) in [7, 11) is 0. The highest BCUT2D eigenvalue weighted by atomic mass is 16.4. The number of carboxylic acids is 1. The molecule has 0 aromatic heterocycles. The maximum atomic E-state index is 11.7. The van der Waals surface area contributed by atoms with Gasteiger partial charge in [-0.25, -0.2) is 0 Å². The number of hydrogen-bond acceptors (Lipinski definition) is 3. The van der Waals surface area contributed by atoms with Crippen LogP contribution in [0.25, 0.3) is 0 Å². The highest BCUT2D eigenvalue weighted by Gasteiger charge is 2.17. The van der Waals surface area contributed by atoms with Crippen molar-refractivity contribution in [2.45, 2.75) is 33.7 Å². The molecular formula is C11H22N2O3. The zero-order valence-corrected chi connectivity index (χ0v) is 10.5. The number of nitrogens with one attached hydrogen (secondary N) is 1. The summed E-state index contributed by atoms with van der Waals surface area (Å²) >= 11 is 0. The minimum Gasteiger partial charge on any atom is -0.480 e. The zero-order chi connectivity index (χ0) is 12.7. The lowest BCUT2D eigenvalue weighted by atomic mass is 10.2. The number of nitrogens with zero attached hydrogens (tertiary/aromatic N) is 1. The molecule has 0 spiro atoms. The molecule has 5 heteroatoms. The Balaban J connectivity index is 4.26. The van der Waals surface area contributed by atoms with Crippen molar-refractivity contribution in [2.75, 3.05) is 19.6 Å². The second kappa shape index (κ2) is 7.22. The molecule has 1 amide bonds. The van der Waals surface area contributed by atoms with Gasteiger partial charge in [0.2, 0.25) is 5.91 Å². The molecule has 0 aromatic rings. The van der Waals surface area contributed by atoms with Crippen molar-refractivity contribution in [3.63, 3.8) is 0 Å². The van der Waals surface area contributed by atoms with Gasteiger partial charge in [0.1, 0.15) is 6.54 Å². The second-order valence-electron chi connectivity index (χ2n) is 4.60. The Morgan fingerprint density at radius 1 is 1.25 bits per heavy atom. The Hall–Kier alpha value is -1.10. The first-order valence-corrected chi connectivity index (χ1v) is 5.55. The predicted octanol–water partition coefficient (Wildman–Crippen LogP) is 0.554. The molecule has 0 atom stereocenters. The van der Waals surface area contributed by atoms with Crippen LogP contribution in [0, 0.1) is 5.92 Å². The van der Waals surface area contributed by atoms with E-state index in [1.165, 1.54) is 4.90 Å². The third kappa shape index (κ3) is 7.23. The zero-order valence-electron chi connectivity index (χ0n) is 10.5. The summed E-state index contributed by atoms with van der Waals surface area (Å²) < 4.78 is 0. The molecule has 5 nitrogen and oxygen atoms in total. The first kappa shape index (κ1) is 14.9. The minimum absolute atomic E-state index is 0.162. The second-order valence-corrected chi connectivity index (χ2v) is 4.60. The van der Waals surface area contributed by atoms with Crippen LogP contribution < -0.4 is 5.32 Å². The van der Waals surface area contributed by atoms with Gasteiger partial charge in [-0.15, -0.1) is 0 Å². The fraction of sp³-hybridized carbons (Fsp3) is 0.818. The topological polar surface area (TPSA) is 69.6 Å². The number of amides is 1. The van der Waals surface area contributed by atoms with Crippen LogP contribution in [0.2, 0.25) is 0 Å². The van der Waals surface area contributed by atoms with Crippen LogP contribution >= 0.6 is 0 Å². The standard InChI is InChI=1S/C11H22N2O3/c1-8(2)6-13(7-11(15)16)10(14)5-12-9(3)4/h8-9,12H,5-7H2,1-4H3,(H,15,16). The lowest BCUT2D eigenvalue weighted by molar-refractivity contribution is -0.144. The van der Waals surface area contributed by atoms with Gasteiger partial charge in [-0.3, -0.25) is 9.59 Å². The SMILES string of the molecule is CC(C)CN(CC(=O)O)C(=O)CNC(C)C. The number of hydrogen-bond donors (Lipinski definition) is 2. The van der Waals surface area contributed by atoms with Crippen LogP contribution in [0.1, 0.15) is 27.7 Å². The van der Waals surface area contributed by atoms with Crippen molar-refractivity contribution < 1.29 is 14.7 Å². The van der Waals surface area contributed by atoms with Crippen LogP contribution in [-0.4, -0.2) is 47.6 Å². The van der Waals surface area contributed by atoms with Gasteiger partial charge in [0.05, 0.1) is 6.54 Å². The van der Waals surface area contributed by atoms with Gasteiger partial charge in [0.25, 0.3) is 0 Å². The Kier molecular flexibility index (Phi) is 6.72. The molecule has 0 aliphatic rings. The third-order valence-electron chi connectivity index (χ3n) is 1.93. The number of carbonyl (C=O) groups excluding carboxylic acids is 1. The van der Waals surface area contributed by atoms with Crippen molar-refractivity contribution in [1.82, 2.24) is 10.2 Å². The molecule has 0 saturated carbocycles. The molecule has 0 saturated heterocycles. The van der Waals surface area contributed by atoms with Gasteiger partial charge < -0.3 is 15.3 Å². The Morgan fingerprint density at radius 3 is 2.19 bits per heavy atom. The predicted molar refractivity (Wildman–Crippen MR) is 62.2 cm³/mol. The average Bonchev–Trinajstić information content (AvgIpc) is 2.11. The largest absolute Gasteiger partial charge is 0.480 e. The molecule has 16 heavy (non-hydrogen) atoms. The summed E-state index contributed by atoms with van der Waals surface area (Å²) in [5.74, 6) is -0.870. The van der Waals surface area contributed by atoms with Gasteiger partial charge in [-0.05, 0) is 5.92 Å². The van der Waals surface area contributed by atoms with E-state index >= 15 is 0 Å². The molecule has 0 aliphatic carbocycles. The summed E-state index contributed by atoms with van der Waals surface area (Å²) in [5.41, 5.74) is 0. The van der Waals surface area contributed by atoms with E-state index in [0.717, 1.165) is 0 Å². The van der Waals surface area contributed by atoms with Gasteiger partial charge >= 0.3 is 5.97 Å².